The molecule has 0 aromatic rings. The van der Waals surface area contributed by atoms with Crippen molar-refractivity contribution >= 4 is 26.0 Å². The molecule has 17 heteroatoms. The molecule has 4 atom stereocenters. The van der Waals surface area contributed by atoms with E-state index in [9.17, 15) is 19.3 Å². The minimum atomic E-state index is -4.69. The number of hydrogen-bond donors (Lipinski definition) is 2. The maximum Gasteiger partial charge on any atom is 0.510 e. The van der Waals surface area contributed by atoms with Crippen LogP contribution in [0.3, 0.4) is 0 Å². The molecule has 0 amide bonds. The molecule has 226 valence electrons. The van der Waals surface area contributed by atoms with Gasteiger partial charge in [0.25, 0.3) is 0 Å². The summed E-state index contributed by atoms with van der Waals surface area (Å²) in [5.41, 5.74) is 3.98. The van der Waals surface area contributed by atoms with Gasteiger partial charge in [0.05, 0.1) is 18.8 Å². The van der Waals surface area contributed by atoms with Crippen LogP contribution < -0.4 is 5.73 Å². The lowest BCUT2D eigenvalue weighted by atomic mass is 9.91. The Morgan fingerprint density at radius 1 is 1.18 bits per heavy atom. The Bertz CT molecular complexity index is 1020. The molecule has 0 aromatic heterocycles. The number of ether oxygens (including phenoxy) is 5. The van der Waals surface area contributed by atoms with E-state index in [1.807, 2.05) is 0 Å². The summed E-state index contributed by atoms with van der Waals surface area (Å²) in [6.45, 7) is 7.51. The van der Waals surface area contributed by atoms with Gasteiger partial charge in [-0.2, -0.15) is 0 Å². The maximum atomic E-state index is 15.4. The lowest BCUT2D eigenvalue weighted by molar-refractivity contribution is -0.147. The second-order valence-corrected chi connectivity index (χ2v) is 11.3. The van der Waals surface area contributed by atoms with E-state index in [4.69, 9.17) is 43.0 Å². The van der Waals surface area contributed by atoms with Gasteiger partial charge in [-0.15, -0.1) is 0 Å². The van der Waals surface area contributed by atoms with Crippen LogP contribution in [0.1, 0.15) is 40.5 Å². The SMILES string of the molecule is C=C1N=C(N)C=CN1[C@@H]1O[C@@](COP(=O)(OCOC(=O)OC(C)C)OCOC(=O)OC(C)C)(C2CC2)[C@@H](O)[C@H]1F. The highest BCUT2D eigenvalue weighted by atomic mass is 31.2. The van der Waals surface area contributed by atoms with Crippen LogP contribution in [0.15, 0.2) is 29.7 Å². The molecule has 3 N–H and O–H groups in total. The number of aliphatic hydroxyl groups is 1. The molecule has 2 heterocycles. The Morgan fingerprint density at radius 2 is 1.73 bits per heavy atom. The van der Waals surface area contributed by atoms with E-state index >= 15 is 4.39 Å². The zero-order valence-corrected chi connectivity index (χ0v) is 23.5. The summed E-state index contributed by atoms with van der Waals surface area (Å²) in [5.74, 6) is -0.133. The summed E-state index contributed by atoms with van der Waals surface area (Å²) in [6.07, 6.45) is -4.34. The molecular weight excluding hydrogens is 560 g/mol. The van der Waals surface area contributed by atoms with Gasteiger partial charge in [0.2, 0.25) is 13.6 Å². The summed E-state index contributed by atoms with van der Waals surface area (Å²) in [6, 6.07) is 0. The van der Waals surface area contributed by atoms with E-state index in [1.54, 1.807) is 27.7 Å². The quantitative estimate of drug-likeness (QED) is 0.180. The van der Waals surface area contributed by atoms with Gasteiger partial charge in [0.1, 0.15) is 23.4 Å². The molecule has 0 radical (unpaired) electrons. The molecule has 2 fully saturated rings. The summed E-state index contributed by atoms with van der Waals surface area (Å²) in [4.78, 5) is 28.6. The van der Waals surface area contributed by atoms with Gasteiger partial charge >= 0.3 is 20.1 Å². The third-order valence-electron chi connectivity index (χ3n) is 5.81. The van der Waals surface area contributed by atoms with E-state index in [2.05, 4.69) is 11.6 Å². The molecule has 1 saturated heterocycles. The first kappa shape index (κ1) is 31.8. The monoisotopic (exact) mass is 595 g/mol. The van der Waals surface area contributed by atoms with E-state index in [1.165, 1.54) is 17.2 Å². The molecule has 2 aliphatic heterocycles. The van der Waals surface area contributed by atoms with E-state index in [0.29, 0.717) is 12.8 Å². The van der Waals surface area contributed by atoms with Gasteiger partial charge in [0, 0.05) is 6.20 Å². The summed E-state index contributed by atoms with van der Waals surface area (Å²) >= 11 is 0. The molecule has 3 rings (SSSR count). The number of alkyl halides is 1. The third-order valence-corrected chi connectivity index (χ3v) is 7.10. The minimum absolute atomic E-state index is 0.0839. The highest BCUT2D eigenvalue weighted by Crippen LogP contribution is 2.55. The van der Waals surface area contributed by atoms with Crippen LogP contribution in [-0.4, -0.2) is 84.7 Å². The molecular formula is C23H35FN3O12P. The normalized spacial score (nSPS) is 26.7. The first-order chi connectivity index (χ1) is 18.8. The molecule has 3 aliphatic rings. The van der Waals surface area contributed by atoms with Crippen molar-refractivity contribution in [2.75, 3.05) is 20.2 Å². The van der Waals surface area contributed by atoms with Gasteiger partial charge < -0.3 is 39.4 Å². The van der Waals surface area contributed by atoms with Crippen molar-refractivity contribution in [2.45, 2.75) is 76.8 Å². The highest BCUT2D eigenvalue weighted by molar-refractivity contribution is 7.48. The van der Waals surface area contributed by atoms with Crippen molar-refractivity contribution < 1.29 is 60.9 Å². The first-order valence-electron chi connectivity index (χ1n) is 12.5. The van der Waals surface area contributed by atoms with Gasteiger partial charge in [-0.05, 0) is 52.5 Å². The number of aliphatic hydroxyl groups excluding tert-OH is 1. The summed E-state index contributed by atoms with van der Waals surface area (Å²) in [5, 5.41) is 11.0. The van der Waals surface area contributed by atoms with Crippen LogP contribution in [0.2, 0.25) is 0 Å². The molecule has 1 aliphatic carbocycles. The lowest BCUT2D eigenvalue weighted by Crippen LogP contribution is -2.48. The second kappa shape index (κ2) is 13.3. The van der Waals surface area contributed by atoms with E-state index in [-0.39, 0.29) is 17.6 Å². The van der Waals surface area contributed by atoms with Crippen molar-refractivity contribution in [3.05, 3.63) is 24.7 Å². The Kier molecular flexibility index (Phi) is 10.5. The fourth-order valence-electron chi connectivity index (χ4n) is 3.88. The number of nitrogens with zero attached hydrogens (tertiary/aromatic N) is 2. The van der Waals surface area contributed by atoms with Crippen molar-refractivity contribution in [1.82, 2.24) is 4.90 Å². The predicted octanol–water partition coefficient (Wildman–Crippen LogP) is 3.04. The number of phosphoric ester groups is 1. The number of amidine groups is 1. The van der Waals surface area contributed by atoms with Crippen molar-refractivity contribution in [3.63, 3.8) is 0 Å². The largest absolute Gasteiger partial charge is 0.510 e. The van der Waals surface area contributed by atoms with Crippen LogP contribution in [-0.2, 0) is 41.8 Å². The Hall–Kier alpha value is -2.75. The molecule has 0 aromatic carbocycles. The second-order valence-electron chi connectivity index (χ2n) is 9.64. The van der Waals surface area contributed by atoms with Crippen LogP contribution in [0, 0.1) is 5.92 Å². The van der Waals surface area contributed by atoms with Crippen LogP contribution in [0.5, 0.6) is 0 Å². The number of hydrogen-bond acceptors (Lipinski definition) is 15. The van der Waals surface area contributed by atoms with Crippen LogP contribution in [0.4, 0.5) is 14.0 Å². The fourth-order valence-corrected chi connectivity index (χ4v) is 4.83. The molecule has 0 unspecified atom stereocenters. The van der Waals surface area contributed by atoms with Crippen LogP contribution >= 0.6 is 7.82 Å². The van der Waals surface area contributed by atoms with E-state index < -0.39 is 76.6 Å². The molecule has 0 bridgehead atoms. The van der Waals surface area contributed by atoms with E-state index in [0.717, 1.165) is 0 Å². The van der Waals surface area contributed by atoms with Crippen molar-refractivity contribution in [2.24, 2.45) is 16.6 Å². The summed E-state index contributed by atoms with van der Waals surface area (Å²) in [7, 11) is -4.69. The zero-order chi connectivity index (χ0) is 29.7. The predicted molar refractivity (Wildman–Crippen MR) is 134 cm³/mol. The zero-order valence-electron chi connectivity index (χ0n) is 22.6. The van der Waals surface area contributed by atoms with Gasteiger partial charge in [-0.3, -0.25) is 4.52 Å². The number of carbonyl (C=O) groups is 2. The van der Waals surface area contributed by atoms with Gasteiger partial charge in [0.15, 0.2) is 12.4 Å². The Balaban J connectivity index is 1.72. The van der Waals surface area contributed by atoms with Crippen LogP contribution in [0.25, 0.3) is 0 Å². The number of rotatable bonds is 13. The molecule has 40 heavy (non-hydrogen) atoms. The number of carbonyl (C=O) groups excluding carboxylic acids is 2. The maximum absolute atomic E-state index is 15.4. The average Bonchev–Trinajstić information content (AvgIpc) is 3.66. The number of aliphatic imine (C=N–C) groups is 1. The Morgan fingerprint density at radius 3 is 2.20 bits per heavy atom. The standard InChI is InChI=1S/C23H35FN3O12P/c1-13(2)37-21(29)32-11-35-40(31,36-12-33-22(30)38-14(3)4)34-10-23(16-6-7-16)19(28)18(24)20(39-23)27-9-8-17(25)26-15(27)5/h8-9,13-14,16,18-20,28H,5-7,10-12H2,1-4H3,(H2,25,26)/t18-,19+,20-,23+/m1/s1. The van der Waals surface area contributed by atoms with Gasteiger partial charge in [-0.25, -0.2) is 32.6 Å². The first-order valence-corrected chi connectivity index (χ1v) is 13.9. The molecule has 1 saturated carbocycles. The Labute approximate surface area is 230 Å². The molecule has 15 nitrogen and oxygen atoms in total. The number of phosphoric acid groups is 1. The summed E-state index contributed by atoms with van der Waals surface area (Å²) < 4.78 is 69.4. The lowest BCUT2D eigenvalue weighted by Gasteiger charge is -2.34. The van der Waals surface area contributed by atoms with Crippen molar-refractivity contribution in [3.8, 4) is 0 Å². The smallest absolute Gasteiger partial charge is 0.432 e. The third kappa shape index (κ3) is 8.15. The topological polar surface area (TPSA) is 187 Å². The van der Waals surface area contributed by atoms with Gasteiger partial charge in [-0.1, -0.05) is 6.58 Å². The highest BCUT2D eigenvalue weighted by Gasteiger charge is 2.64. The van der Waals surface area contributed by atoms with Crippen molar-refractivity contribution in [1.29, 1.82) is 0 Å². The fraction of sp³-hybridized carbons (Fsp3) is 0.696. The average molecular weight is 596 g/mol. The minimum Gasteiger partial charge on any atom is -0.432 e. The number of halogens is 1. The number of nitrogens with two attached hydrogens (primary N) is 1. The molecule has 0 spiro atoms.